The molecule has 0 radical (unpaired) electrons. The summed E-state index contributed by atoms with van der Waals surface area (Å²) in [6.07, 6.45) is 0. The monoisotopic (exact) mass is 388 g/mol. The van der Waals surface area contributed by atoms with Crippen LogP contribution >= 0.6 is 15.2 Å². The van der Waals surface area contributed by atoms with Gasteiger partial charge in [-0.3, -0.25) is 9.13 Å². The van der Waals surface area contributed by atoms with Crippen molar-refractivity contribution in [3.05, 3.63) is 0 Å². The van der Waals surface area contributed by atoms with Crippen LogP contribution in [0.5, 0.6) is 0 Å². The number of hydrogen-bond donors (Lipinski definition) is 0. The van der Waals surface area contributed by atoms with Gasteiger partial charge >= 0.3 is 0 Å². The Morgan fingerprint density at radius 3 is 0.960 bits per heavy atom. The van der Waals surface area contributed by atoms with Gasteiger partial charge in [0.05, 0.1) is 0 Å². The summed E-state index contributed by atoms with van der Waals surface area (Å²) in [7, 11) is -4.37. The summed E-state index contributed by atoms with van der Waals surface area (Å²) < 4.78 is 38.1. The molecule has 0 N–H and O–H groups in total. The highest BCUT2D eigenvalue weighted by atomic mass is 31.2. The second-order valence-corrected chi connectivity index (χ2v) is 13.6. The van der Waals surface area contributed by atoms with E-state index >= 15 is 0 Å². The second kappa shape index (κ2) is 5.62. The maximum absolute atomic E-state index is 12.9. The Morgan fingerprint density at radius 1 is 0.560 bits per heavy atom. The first-order valence-electron chi connectivity index (χ1n) is 9.64. The van der Waals surface area contributed by atoms with Gasteiger partial charge in [0, 0.05) is 77.0 Å². The minimum absolute atomic E-state index is 0.529. The Bertz CT molecular complexity index is 579. The molecule has 6 rings (SSSR count). The predicted molar refractivity (Wildman–Crippen MR) is 98.4 cm³/mol. The molecule has 8 nitrogen and oxygen atoms in total. The van der Waals surface area contributed by atoms with Crippen molar-refractivity contribution >= 4 is 15.2 Å². The Kier molecular flexibility index (Phi) is 3.89. The van der Waals surface area contributed by atoms with E-state index in [1.165, 1.54) is 0 Å². The molecule has 6 fully saturated rings. The minimum atomic E-state index is -2.27. The smallest absolute Gasteiger partial charge is 0.270 e. The van der Waals surface area contributed by atoms with Gasteiger partial charge in [0.1, 0.15) is 0 Å². The van der Waals surface area contributed by atoms with E-state index in [-0.39, 0.29) is 0 Å². The lowest BCUT2D eigenvalue weighted by molar-refractivity contribution is 0.462. The molecular formula is C15H30N6O2P2. The fraction of sp³-hybridized carbons (Fsp3) is 1.00. The van der Waals surface area contributed by atoms with E-state index in [0.717, 1.165) is 58.9 Å². The van der Waals surface area contributed by atoms with Gasteiger partial charge in [-0.25, -0.2) is 28.0 Å². The van der Waals surface area contributed by atoms with Gasteiger partial charge in [-0.1, -0.05) is 0 Å². The van der Waals surface area contributed by atoms with Crippen molar-refractivity contribution in [3.8, 4) is 0 Å². The van der Waals surface area contributed by atoms with Crippen molar-refractivity contribution < 1.29 is 9.13 Å². The normalized spacial score (nSPS) is 47.3. The van der Waals surface area contributed by atoms with Crippen LogP contribution in [-0.4, -0.2) is 105 Å². The van der Waals surface area contributed by atoms with Gasteiger partial charge in [0.15, 0.2) is 0 Å². The van der Waals surface area contributed by atoms with Crippen molar-refractivity contribution in [2.75, 3.05) is 58.9 Å². The molecule has 10 heteroatoms. The van der Waals surface area contributed by atoms with E-state index in [1.807, 2.05) is 0 Å². The molecule has 142 valence electrons. The summed E-state index contributed by atoms with van der Waals surface area (Å²) in [4.78, 5) is 0. The third-order valence-corrected chi connectivity index (χ3v) is 13.0. The van der Waals surface area contributed by atoms with Crippen LogP contribution in [0.15, 0.2) is 0 Å². The van der Waals surface area contributed by atoms with Crippen LogP contribution in [0.4, 0.5) is 0 Å². The first-order valence-corrected chi connectivity index (χ1v) is 12.8. The van der Waals surface area contributed by atoms with E-state index in [2.05, 4.69) is 48.8 Å². The predicted octanol–water partition coefficient (Wildman–Crippen LogP) is 1.25. The van der Waals surface area contributed by atoms with E-state index in [9.17, 15) is 9.13 Å². The largest absolute Gasteiger partial charge is 0.287 e. The van der Waals surface area contributed by atoms with Crippen LogP contribution in [0.25, 0.3) is 0 Å². The molecule has 0 aromatic heterocycles. The molecule has 0 aromatic rings. The molecule has 6 aliphatic heterocycles. The van der Waals surface area contributed by atoms with Gasteiger partial charge in [-0.05, 0) is 20.8 Å². The molecule has 6 aliphatic rings. The zero-order chi connectivity index (χ0) is 17.6. The number of rotatable bonds is 6. The number of nitrogens with zero attached hydrogens (tertiary/aromatic N) is 6. The molecule has 6 atom stereocenters. The van der Waals surface area contributed by atoms with Crippen LogP contribution in [0.1, 0.15) is 20.8 Å². The highest BCUT2D eigenvalue weighted by Crippen LogP contribution is 2.70. The van der Waals surface area contributed by atoms with Gasteiger partial charge in [0.25, 0.3) is 15.2 Å². The van der Waals surface area contributed by atoms with Crippen LogP contribution in [-0.2, 0) is 9.13 Å². The van der Waals surface area contributed by atoms with Crippen LogP contribution in [0, 0.1) is 0 Å². The summed E-state index contributed by atoms with van der Waals surface area (Å²) in [5.74, 6) is 0. The van der Waals surface area contributed by atoms with E-state index in [0.29, 0.717) is 18.1 Å². The average molecular weight is 388 g/mol. The molecule has 6 unspecified atom stereocenters. The molecule has 6 heterocycles. The molecule has 0 bridgehead atoms. The van der Waals surface area contributed by atoms with Crippen LogP contribution in [0.2, 0.25) is 0 Å². The summed E-state index contributed by atoms with van der Waals surface area (Å²) in [5, 5.41) is 0. The maximum atomic E-state index is 12.9. The summed E-state index contributed by atoms with van der Waals surface area (Å²) >= 11 is 0. The summed E-state index contributed by atoms with van der Waals surface area (Å²) in [6.45, 7) is 15.8. The lowest BCUT2D eigenvalue weighted by Crippen LogP contribution is -2.15. The van der Waals surface area contributed by atoms with Gasteiger partial charge < -0.3 is 0 Å². The highest BCUT2D eigenvalue weighted by Gasteiger charge is 2.62. The topological polar surface area (TPSA) is 52.2 Å². The third-order valence-electron chi connectivity index (χ3n) is 5.86. The van der Waals surface area contributed by atoms with E-state index in [4.69, 9.17) is 0 Å². The zero-order valence-corrected chi connectivity index (χ0v) is 17.3. The van der Waals surface area contributed by atoms with E-state index < -0.39 is 15.2 Å². The third kappa shape index (κ3) is 2.99. The first-order chi connectivity index (χ1) is 11.9. The molecule has 0 spiro atoms. The van der Waals surface area contributed by atoms with Crippen molar-refractivity contribution in [3.63, 3.8) is 0 Å². The Labute approximate surface area is 150 Å². The molecule has 0 aliphatic carbocycles. The van der Waals surface area contributed by atoms with Crippen molar-refractivity contribution in [1.82, 2.24) is 28.0 Å². The maximum Gasteiger partial charge on any atom is 0.287 e. The average Bonchev–Trinajstić information content (AvgIpc) is 3.38. The standard InChI is InChI=1S/C9H18N3OP.C6H12N3OP/c1-7-4-10(7)14(13,11-5-8(11)2)12-6-9(12)3;10-11(7-1-2-7,8-3-4-8)9-5-6-9/h7-9H,4-6H2,1-3H3;1-6H2. The molecule has 0 amide bonds. The quantitative estimate of drug-likeness (QED) is 0.498. The van der Waals surface area contributed by atoms with Gasteiger partial charge in [0.2, 0.25) is 0 Å². The zero-order valence-electron chi connectivity index (χ0n) is 15.5. The van der Waals surface area contributed by atoms with E-state index in [1.54, 1.807) is 0 Å². The molecule has 0 aromatic carbocycles. The number of hydrogen-bond acceptors (Lipinski definition) is 2. The van der Waals surface area contributed by atoms with Gasteiger partial charge in [-0.15, -0.1) is 0 Å². The minimum Gasteiger partial charge on any atom is -0.270 e. The highest BCUT2D eigenvalue weighted by molar-refractivity contribution is 7.57. The SMILES string of the molecule is CC1CN1P(=O)(N1CC1C)N1CC1C.O=P(N1CC1)(N1CC1)N1CC1. The lowest BCUT2D eigenvalue weighted by atomic mass is 10.6. The van der Waals surface area contributed by atoms with Crippen molar-refractivity contribution in [2.45, 2.75) is 38.9 Å². The van der Waals surface area contributed by atoms with Crippen molar-refractivity contribution in [1.29, 1.82) is 0 Å². The first kappa shape index (κ1) is 17.3. The summed E-state index contributed by atoms with van der Waals surface area (Å²) in [5.41, 5.74) is 0. The Hall–Kier alpha value is 0.220. The molecule has 6 saturated heterocycles. The summed E-state index contributed by atoms with van der Waals surface area (Å²) in [6, 6.07) is 1.59. The Balaban J connectivity index is 0.000000115. The lowest BCUT2D eigenvalue weighted by Gasteiger charge is -2.22. The van der Waals surface area contributed by atoms with Crippen LogP contribution < -0.4 is 0 Å². The molecule has 25 heavy (non-hydrogen) atoms. The molecule has 0 saturated carbocycles. The second-order valence-electron chi connectivity index (χ2n) is 8.30. The fourth-order valence-electron chi connectivity index (χ4n) is 3.66. The van der Waals surface area contributed by atoms with Gasteiger partial charge in [-0.2, -0.15) is 0 Å². The van der Waals surface area contributed by atoms with Crippen LogP contribution in [0.3, 0.4) is 0 Å². The fourth-order valence-corrected chi connectivity index (χ4v) is 10.3. The Morgan fingerprint density at radius 2 is 0.800 bits per heavy atom. The van der Waals surface area contributed by atoms with Crippen molar-refractivity contribution in [2.24, 2.45) is 0 Å². The molecular weight excluding hydrogens is 358 g/mol.